The van der Waals surface area contributed by atoms with Crippen LogP contribution >= 0.6 is 0 Å². The molecule has 35 heavy (non-hydrogen) atoms. The summed E-state index contributed by atoms with van der Waals surface area (Å²) in [5.74, 6) is -1.56. The number of benzene rings is 2. The lowest BCUT2D eigenvalue weighted by Gasteiger charge is -2.31. The van der Waals surface area contributed by atoms with Gasteiger partial charge in [-0.2, -0.15) is 4.39 Å². The van der Waals surface area contributed by atoms with Gasteiger partial charge < -0.3 is 35.0 Å². The first kappa shape index (κ1) is 24.1. The topological polar surface area (TPSA) is 174 Å². The van der Waals surface area contributed by atoms with Crippen molar-refractivity contribution in [1.29, 1.82) is 0 Å². The molecule has 1 fully saturated rings. The number of aliphatic hydroxyl groups excluding tert-OH is 1. The van der Waals surface area contributed by atoms with Crippen molar-refractivity contribution >= 4 is 0 Å². The summed E-state index contributed by atoms with van der Waals surface area (Å²) in [4.78, 5) is 23.8. The van der Waals surface area contributed by atoms with Gasteiger partial charge in [-0.05, 0) is 30.5 Å². The molecule has 5 rings (SSSR count). The van der Waals surface area contributed by atoms with Crippen LogP contribution in [0.4, 0.5) is 4.39 Å². The molecule has 2 aliphatic heterocycles. The predicted octanol–water partition coefficient (Wildman–Crippen LogP) is 1.53. The number of fused-ring (bicyclic) bond motifs is 1. The second-order valence-electron chi connectivity index (χ2n) is 8.11. The minimum Gasteiger partial charge on any atom is -0.508 e. The number of nitrogens with zero attached hydrogens (tertiary/aromatic N) is 1. The Morgan fingerprint density at radius 2 is 1.80 bits per heavy atom. The Kier molecular flexibility index (Phi) is 6.67. The number of hydrogen-bond acceptors (Lipinski definition) is 9. The number of aliphatic hydroxyl groups is 1. The maximum absolute atomic E-state index is 12.9. The fraction of sp³-hybridized carbons (Fsp3) is 0.304. The van der Waals surface area contributed by atoms with E-state index in [0.29, 0.717) is 24.2 Å². The van der Waals surface area contributed by atoms with E-state index in [1.807, 2.05) is 4.98 Å². The first-order valence-corrected chi connectivity index (χ1v) is 10.7. The minimum absolute atomic E-state index is 0.143. The van der Waals surface area contributed by atoms with E-state index in [4.69, 9.17) is 9.47 Å². The number of nitrogens with one attached hydrogen (secondary N) is 1. The predicted molar refractivity (Wildman–Crippen MR) is 118 cm³/mol. The van der Waals surface area contributed by atoms with Gasteiger partial charge in [0.15, 0.2) is 11.5 Å². The van der Waals surface area contributed by atoms with E-state index in [0.717, 1.165) is 17.2 Å². The number of hydrogen-bond donors (Lipinski definition) is 6. The summed E-state index contributed by atoms with van der Waals surface area (Å²) >= 11 is 0. The van der Waals surface area contributed by atoms with Gasteiger partial charge in [-0.25, -0.2) is 4.79 Å². The Morgan fingerprint density at radius 1 is 1.03 bits per heavy atom. The smallest absolute Gasteiger partial charge is 0.330 e. The lowest BCUT2D eigenvalue weighted by molar-refractivity contribution is 0.0197. The number of halogens is 1. The van der Waals surface area contributed by atoms with Crippen LogP contribution in [-0.2, 0) is 11.2 Å². The summed E-state index contributed by atoms with van der Waals surface area (Å²) in [7, 11) is 0. The van der Waals surface area contributed by atoms with E-state index in [9.17, 15) is 39.5 Å². The van der Waals surface area contributed by atoms with E-state index in [2.05, 4.69) is 0 Å². The van der Waals surface area contributed by atoms with Gasteiger partial charge in [-0.1, -0.05) is 6.07 Å². The molecule has 3 atom stereocenters. The van der Waals surface area contributed by atoms with Gasteiger partial charge >= 0.3 is 5.69 Å². The number of phenolic OH excluding ortho intramolecular Hbond substituents is 4. The number of ether oxygens (including phenoxy) is 2. The molecule has 1 unspecified atom stereocenters. The molecule has 6 N–H and O–H groups in total. The van der Waals surface area contributed by atoms with Crippen LogP contribution in [0, 0.1) is 5.82 Å². The van der Waals surface area contributed by atoms with Crippen molar-refractivity contribution < 1.29 is 39.4 Å². The fourth-order valence-corrected chi connectivity index (χ4v) is 3.92. The molecule has 1 aromatic heterocycles. The quantitative estimate of drug-likeness (QED) is 0.291. The molecular weight excluding hydrogens is 467 g/mol. The van der Waals surface area contributed by atoms with Crippen molar-refractivity contribution in [3.05, 3.63) is 74.3 Å². The molecule has 186 valence electrons. The molecule has 3 aromatic rings. The normalized spacial score (nSPS) is 20.9. The Morgan fingerprint density at radius 3 is 2.49 bits per heavy atom. The summed E-state index contributed by atoms with van der Waals surface area (Å²) in [6, 6.07) is 6.67. The number of aromatic amines is 1. The first-order valence-electron chi connectivity index (χ1n) is 10.7. The molecule has 2 aliphatic rings. The number of aromatic nitrogens is 2. The maximum atomic E-state index is 12.9. The molecule has 0 saturated carbocycles. The first-order chi connectivity index (χ1) is 16.6. The standard InChI is InChI=1S/C15H14O6.C8H9FN2O3/c16-8-4-11(18)9-6-13(20)15(21-14(9)5-8)7-1-2-10(17)12(19)3-7;9-5-4-11(6-2-1-3-14-6)8(13)10-7(5)12/h1-5,13,15-20H,6H2;4,6H,1-3H2,(H,10,12,13)/t13-,15+;/m0./s1. The molecule has 3 heterocycles. The van der Waals surface area contributed by atoms with Gasteiger partial charge in [0, 0.05) is 30.7 Å². The molecule has 0 amide bonds. The molecule has 11 nitrogen and oxygen atoms in total. The largest absolute Gasteiger partial charge is 0.508 e. The number of aromatic hydroxyl groups is 4. The highest BCUT2D eigenvalue weighted by Gasteiger charge is 2.32. The fourth-order valence-electron chi connectivity index (χ4n) is 3.92. The number of H-pyrrole nitrogens is 1. The molecule has 12 heteroatoms. The van der Waals surface area contributed by atoms with E-state index in [-0.39, 0.29) is 35.2 Å². The van der Waals surface area contributed by atoms with Crippen LogP contribution in [0.25, 0.3) is 0 Å². The molecule has 0 aliphatic carbocycles. The molecule has 0 spiro atoms. The highest BCUT2D eigenvalue weighted by molar-refractivity contribution is 5.52. The van der Waals surface area contributed by atoms with Crippen molar-refractivity contribution in [1.82, 2.24) is 9.55 Å². The second-order valence-corrected chi connectivity index (χ2v) is 8.11. The van der Waals surface area contributed by atoms with Crippen LogP contribution in [0.1, 0.15) is 36.3 Å². The lowest BCUT2D eigenvalue weighted by atomic mass is 9.94. The van der Waals surface area contributed by atoms with Crippen molar-refractivity contribution in [2.75, 3.05) is 6.61 Å². The van der Waals surface area contributed by atoms with Gasteiger partial charge in [-0.15, -0.1) is 0 Å². The second kappa shape index (κ2) is 9.68. The van der Waals surface area contributed by atoms with Crippen LogP contribution in [0.15, 0.2) is 46.1 Å². The Labute approximate surface area is 196 Å². The third kappa shape index (κ3) is 5.08. The van der Waals surface area contributed by atoms with Gasteiger partial charge in [0.05, 0.1) is 12.3 Å². The molecule has 0 radical (unpaired) electrons. The van der Waals surface area contributed by atoms with Crippen molar-refractivity contribution in [3.63, 3.8) is 0 Å². The van der Waals surface area contributed by atoms with Crippen LogP contribution in [0.5, 0.6) is 28.7 Å². The molecular formula is C23H23FN2O9. The average Bonchev–Trinajstić information content (AvgIpc) is 3.33. The third-order valence-corrected chi connectivity index (χ3v) is 5.66. The highest BCUT2D eigenvalue weighted by Crippen LogP contribution is 2.42. The van der Waals surface area contributed by atoms with Crippen molar-refractivity contribution in [2.45, 2.75) is 37.7 Å². The van der Waals surface area contributed by atoms with Crippen LogP contribution in [0.3, 0.4) is 0 Å². The maximum Gasteiger partial charge on any atom is 0.330 e. The Balaban J connectivity index is 0.000000179. The number of rotatable bonds is 2. The van der Waals surface area contributed by atoms with Crippen LogP contribution in [-0.4, -0.2) is 47.8 Å². The molecule has 0 bridgehead atoms. The third-order valence-electron chi connectivity index (χ3n) is 5.66. The lowest BCUT2D eigenvalue weighted by Crippen LogP contribution is -2.33. The van der Waals surface area contributed by atoms with Crippen molar-refractivity contribution in [2.24, 2.45) is 0 Å². The van der Waals surface area contributed by atoms with Crippen molar-refractivity contribution in [3.8, 4) is 28.7 Å². The Hall–Kier alpha value is -4.03. The summed E-state index contributed by atoms with van der Waals surface area (Å²) in [6.45, 7) is 0.553. The summed E-state index contributed by atoms with van der Waals surface area (Å²) < 4.78 is 24.7. The molecule has 1 saturated heterocycles. The van der Waals surface area contributed by atoms with Gasteiger partial charge in [0.25, 0.3) is 5.56 Å². The zero-order valence-electron chi connectivity index (χ0n) is 18.2. The zero-order chi connectivity index (χ0) is 25.3. The van der Waals surface area contributed by atoms with E-state index in [1.165, 1.54) is 30.3 Å². The minimum atomic E-state index is -0.996. The van der Waals surface area contributed by atoms with E-state index < -0.39 is 35.5 Å². The Bertz CT molecular complexity index is 1350. The van der Waals surface area contributed by atoms with E-state index >= 15 is 0 Å². The summed E-state index contributed by atoms with van der Waals surface area (Å²) in [5.41, 5.74) is -0.738. The zero-order valence-corrected chi connectivity index (χ0v) is 18.2. The SMILES string of the molecule is O=c1[nH]c(=O)n(C2CCCO2)cc1F.Oc1cc(O)c2c(c1)O[C@H](c1ccc(O)c(O)c1)[C@@H](O)C2. The van der Waals surface area contributed by atoms with Gasteiger partial charge in [0.2, 0.25) is 5.82 Å². The monoisotopic (exact) mass is 490 g/mol. The summed E-state index contributed by atoms with van der Waals surface area (Å²) in [6.07, 6.45) is 0.365. The summed E-state index contributed by atoms with van der Waals surface area (Å²) in [5, 5.41) is 48.3. The van der Waals surface area contributed by atoms with Crippen LogP contribution in [0.2, 0.25) is 0 Å². The molecule has 2 aromatic carbocycles. The highest BCUT2D eigenvalue weighted by atomic mass is 19.1. The number of phenols is 4. The van der Waals surface area contributed by atoms with Gasteiger partial charge in [-0.3, -0.25) is 14.3 Å². The van der Waals surface area contributed by atoms with E-state index in [1.54, 1.807) is 0 Å². The van der Waals surface area contributed by atoms with Gasteiger partial charge in [0.1, 0.15) is 29.6 Å². The average molecular weight is 490 g/mol. The van der Waals surface area contributed by atoms with Crippen LogP contribution < -0.4 is 16.0 Å².